The second-order valence-electron chi connectivity index (χ2n) is 16.8. The minimum Gasteiger partial charge on any atom is -0.354 e. The van der Waals surface area contributed by atoms with Crippen molar-refractivity contribution in [2.24, 2.45) is 23.2 Å². The fourth-order valence-corrected chi connectivity index (χ4v) is 9.01. The molecule has 3 N–H and O–H groups in total. The lowest BCUT2D eigenvalue weighted by Gasteiger charge is -2.39. The van der Waals surface area contributed by atoms with Crippen LogP contribution in [-0.2, 0) is 6.42 Å². The number of likely N-dealkylation sites (tertiary alicyclic amines) is 1. The highest BCUT2D eigenvalue weighted by molar-refractivity contribution is 5.80. The molecule has 1 aromatic carbocycles. The SMILES string of the molecule is CCC[C@@H]1CN([C@H](Cc2ccccc2)CN2CCC[C@H]2CN2C(=N)NC[C@H]2CCC(C)C)C(=N)N1CC1CCC(C(C)(C)C)CC1. The van der Waals surface area contributed by atoms with E-state index in [4.69, 9.17) is 5.41 Å². The second kappa shape index (κ2) is 15.7. The van der Waals surface area contributed by atoms with E-state index in [1.54, 1.807) is 0 Å². The van der Waals surface area contributed by atoms with Gasteiger partial charge in [-0.1, -0.05) is 78.3 Å². The zero-order chi connectivity index (χ0) is 32.8. The Morgan fingerprint density at radius 3 is 2.30 bits per heavy atom. The van der Waals surface area contributed by atoms with Crippen LogP contribution < -0.4 is 5.32 Å². The van der Waals surface area contributed by atoms with Gasteiger partial charge in [-0.2, -0.15) is 0 Å². The average Bonchev–Trinajstić information content (AvgIpc) is 3.70. The molecule has 0 aromatic heterocycles. The van der Waals surface area contributed by atoms with E-state index in [2.05, 4.69) is 96.8 Å². The molecule has 1 aliphatic carbocycles. The third-order valence-corrected chi connectivity index (χ3v) is 12.0. The van der Waals surface area contributed by atoms with Crippen LogP contribution in [0.5, 0.6) is 0 Å². The van der Waals surface area contributed by atoms with Crippen LogP contribution in [0.15, 0.2) is 30.3 Å². The van der Waals surface area contributed by atoms with Crippen molar-refractivity contribution in [2.45, 2.75) is 136 Å². The zero-order valence-electron chi connectivity index (χ0n) is 30.2. The van der Waals surface area contributed by atoms with Crippen molar-refractivity contribution in [3.63, 3.8) is 0 Å². The quantitative estimate of drug-likeness (QED) is 0.201. The largest absolute Gasteiger partial charge is 0.354 e. The lowest BCUT2D eigenvalue weighted by Crippen LogP contribution is -2.51. The number of hydrogen-bond donors (Lipinski definition) is 3. The summed E-state index contributed by atoms with van der Waals surface area (Å²) in [6.45, 7) is 20.2. The van der Waals surface area contributed by atoms with Crippen molar-refractivity contribution in [3.05, 3.63) is 35.9 Å². The first kappa shape index (κ1) is 35.0. The summed E-state index contributed by atoms with van der Waals surface area (Å²) in [5, 5.41) is 21.7. The summed E-state index contributed by atoms with van der Waals surface area (Å²) in [4.78, 5) is 10.1. The van der Waals surface area contributed by atoms with Gasteiger partial charge in [-0.25, -0.2) is 0 Å². The van der Waals surface area contributed by atoms with E-state index in [9.17, 15) is 5.41 Å². The third-order valence-electron chi connectivity index (χ3n) is 12.0. The van der Waals surface area contributed by atoms with Crippen molar-refractivity contribution < 1.29 is 0 Å². The van der Waals surface area contributed by atoms with Crippen LogP contribution in [0.25, 0.3) is 0 Å². The van der Waals surface area contributed by atoms with Gasteiger partial charge in [-0.05, 0) is 99.5 Å². The van der Waals surface area contributed by atoms with E-state index in [-0.39, 0.29) is 6.04 Å². The second-order valence-corrected chi connectivity index (χ2v) is 16.8. The minimum absolute atomic E-state index is 0.282. The number of guanidine groups is 2. The number of nitrogens with one attached hydrogen (secondary N) is 3. The standard InChI is InChI=1S/C39H67N7/c1-7-12-35-28-46(38(41)45(35)25-31-17-19-32(20-18-31)39(4,5)6)36(23-30-13-9-8-10-14-30)26-43-22-11-15-34(43)27-44-33(21-16-29(2)3)24-42-37(44)40/h8-10,13-14,29,31-36,41H,7,11-12,15-28H2,1-6H3,(H2,40,42)/t31?,32?,33-,34+,35-,36-/m1/s1. The van der Waals surface area contributed by atoms with Gasteiger partial charge in [-0.3, -0.25) is 15.7 Å². The Morgan fingerprint density at radius 2 is 1.63 bits per heavy atom. The molecule has 1 aromatic rings. The van der Waals surface area contributed by atoms with Gasteiger partial charge in [-0.15, -0.1) is 0 Å². The monoisotopic (exact) mass is 634 g/mol. The number of hydrogen-bond acceptors (Lipinski definition) is 3. The Bertz CT molecular complexity index is 1110. The van der Waals surface area contributed by atoms with Gasteiger partial charge in [0.25, 0.3) is 0 Å². The first-order valence-electron chi connectivity index (χ1n) is 19.0. The Labute approximate surface area is 281 Å². The summed E-state index contributed by atoms with van der Waals surface area (Å²) in [7, 11) is 0. The van der Waals surface area contributed by atoms with Gasteiger partial charge in [0.1, 0.15) is 0 Å². The maximum Gasteiger partial charge on any atom is 0.194 e. The lowest BCUT2D eigenvalue weighted by molar-refractivity contribution is 0.134. The Kier molecular flexibility index (Phi) is 12.0. The molecule has 5 rings (SSSR count). The predicted octanol–water partition coefficient (Wildman–Crippen LogP) is 7.28. The molecule has 3 heterocycles. The van der Waals surface area contributed by atoms with E-state index >= 15 is 0 Å². The summed E-state index contributed by atoms with van der Waals surface area (Å²) in [5.74, 6) is 3.65. The molecule has 3 aliphatic heterocycles. The van der Waals surface area contributed by atoms with Gasteiger partial charge in [0.15, 0.2) is 11.9 Å². The molecule has 7 nitrogen and oxygen atoms in total. The molecule has 3 saturated heterocycles. The van der Waals surface area contributed by atoms with Gasteiger partial charge in [0.05, 0.1) is 0 Å². The molecule has 0 radical (unpaired) electrons. The first-order valence-corrected chi connectivity index (χ1v) is 19.0. The highest BCUT2D eigenvalue weighted by atomic mass is 15.5. The van der Waals surface area contributed by atoms with Crippen LogP contribution in [0.1, 0.15) is 111 Å². The molecule has 7 heteroatoms. The van der Waals surface area contributed by atoms with Crippen LogP contribution in [0.2, 0.25) is 0 Å². The molecule has 0 spiro atoms. The molecular weight excluding hydrogens is 566 g/mol. The highest BCUT2D eigenvalue weighted by Crippen LogP contribution is 2.40. The summed E-state index contributed by atoms with van der Waals surface area (Å²) in [5.41, 5.74) is 1.78. The molecule has 46 heavy (non-hydrogen) atoms. The maximum atomic E-state index is 9.65. The number of rotatable bonds is 14. The van der Waals surface area contributed by atoms with Crippen molar-refractivity contribution in [1.82, 2.24) is 24.9 Å². The van der Waals surface area contributed by atoms with Crippen LogP contribution in [0.3, 0.4) is 0 Å². The molecule has 4 fully saturated rings. The lowest BCUT2D eigenvalue weighted by atomic mass is 9.70. The zero-order valence-corrected chi connectivity index (χ0v) is 30.2. The van der Waals surface area contributed by atoms with Gasteiger partial charge >= 0.3 is 0 Å². The van der Waals surface area contributed by atoms with E-state index in [0.29, 0.717) is 41.3 Å². The predicted molar refractivity (Wildman–Crippen MR) is 194 cm³/mol. The van der Waals surface area contributed by atoms with E-state index in [1.165, 1.54) is 63.4 Å². The summed E-state index contributed by atoms with van der Waals surface area (Å²) in [6, 6.07) is 12.7. The van der Waals surface area contributed by atoms with Crippen molar-refractivity contribution in [3.8, 4) is 0 Å². The van der Waals surface area contributed by atoms with E-state index in [1.807, 2.05) is 0 Å². The summed E-state index contributed by atoms with van der Waals surface area (Å²) < 4.78 is 0. The van der Waals surface area contributed by atoms with E-state index < -0.39 is 0 Å². The van der Waals surface area contributed by atoms with Crippen LogP contribution in [-0.4, -0.2) is 95.0 Å². The van der Waals surface area contributed by atoms with Crippen molar-refractivity contribution in [1.29, 1.82) is 10.8 Å². The molecule has 0 amide bonds. The minimum atomic E-state index is 0.282. The molecule has 258 valence electrons. The Balaban J connectivity index is 1.29. The molecule has 4 atom stereocenters. The fourth-order valence-electron chi connectivity index (χ4n) is 9.01. The average molecular weight is 634 g/mol. The van der Waals surface area contributed by atoms with E-state index in [0.717, 1.165) is 64.0 Å². The summed E-state index contributed by atoms with van der Waals surface area (Å²) in [6.07, 6.45) is 13.4. The molecule has 1 saturated carbocycles. The number of nitrogens with zero attached hydrogens (tertiary/aromatic N) is 4. The van der Waals surface area contributed by atoms with Crippen molar-refractivity contribution >= 4 is 11.9 Å². The normalized spacial score (nSPS) is 28.5. The van der Waals surface area contributed by atoms with Gasteiger partial charge < -0.3 is 20.0 Å². The summed E-state index contributed by atoms with van der Waals surface area (Å²) >= 11 is 0. The maximum absolute atomic E-state index is 9.65. The van der Waals surface area contributed by atoms with Crippen molar-refractivity contribution in [2.75, 3.05) is 39.3 Å². The van der Waals surface area contributed by atoms with Crippen LogP contribution in [0, 0.1) is 34.0 Å². The fraction of sp³-hybridized carbons (Fsp3) is 0.795. The highest BCUT2D eigenvalue weighted by Gasteiger charge is 2.41. The molecule has 0 bridgehead atoms. The smallest absolute Gasteiger partial charge is 0.194 e. The number of benzene rings is 1. The molecule has 0 unspecified atom stereocenters. The molecule has 4 aliphatic rings. The van der Waals surface area contributed by atoms with Gasteiger partial charge in [0.2, 0.25) is 0 Å². The van der Waals surface area contributed by atoms with Gasteiger partial charge in [0, 0.05) is 56.9 Å². The topological polar surface area (TPSA) is 72.7 Å². The Morgan fingerprint density at radius 1 is 0.891 bits per heavy atom. The van der Waals surface area contributed by atoms with Crippen LogP contribution in [0.4, 0.5) is 0 Å². The molecular formula is C39H67N7. The third kappa shape index (κ3) is 8.79. The Hall–Kier alpha value is -2.28. The van der Waals surface area contributed by atoms with Crippen LogP contribution >= 0.6 is 0 Å². The first-order chi connectivity index (χ1) is 22.0.